The van der Waals surface area contributed by atoms with E-state index in [-0.39, 0.29) is 11.8 Å². The van der Waals surface area contributed by atoms with Gasteiger partial charge in [-0.2, -0.15) is 0 Å². The molecule has 2 heterocycles. The molecular formula is C29H53N5O4. The molecule has 218 valence electrons. The van der Waals surface area contributed by atoms with Crippen molar-refractivity contribution in [3.63, 3.8) is 0 Å². The zero-order valence-electron chi connectivity index (χ0n) is 25.8. The van der Waals surface area contributed by atoms with Gasteiger partial charge in [0.2, 0.25) is 11.8 Å². The number of amides is 2. The van der Waals surface area contributed by atoms with Gasteiger partial charge in [0, 0.05) is 58.2 Å². The molecule has 0 unspecified atom stereocenters. The summed E-state index contributed by atoms with van der Waals surface area (Å²) in [5.41, 5.74) is 2.75. The lowest BCUT2D eigenvalue weighted by atomic mass is 9.98. The summed E-state index contributed by atoms with van der Waals surface area (Å²) < 4.78 is 10.7. The Balaban J connectivity index is 0.000000301. The highest BCUT2D eigenvalue weighted by atomic mass is 16.5. The van der Waals surface area contributed by atoms with E-state index in [4.69, 9.17) is 9.47 Å². The van der Waals surface area contributed by atoms with Crippen LogP contribution in [0.25, 0.3) is 0 Å². The number of fused-ring (bicyclic) bond motifs is 1. The number of hydrogen-bond donors (Lipinski definition) is 1. The maximum absolute atomic E-state index is 10.9. The number of benzene rings is 1. The van der Waals surface area contributed by atoms with Crippen LogP contribution in [0.1, 0.15) is 66.5 Å². The van der Waals surface area contributed by atoms with Gasteiger partial charge in [0.15, 0.2) is 11.5 Å². The first-order valence-electron chi connectivity index (χ1n) is 13.7. The minimum absolute atomic E-state index is 0.0208. The lowest BCUT2D eigenvalue weighted by Gasteiger charge is -2.32. The van der Waals surface area contributed by atoms with E-state index >= 15 is 0 Å². The molecule has 2 amide bonds. The molecule has 2 aliphatic rings. The van der Waals surface area contributed by atoms with Crippen molar-refractivity contribution in [2.45, 2.75) is 86.5 Å². The predicted molar refractivity (Wildman–Crippen MR) is 154 cm³/mol. The van der Waals surface area contributed by atoms with E-state index in [1.165, 1.54) is 18.1 Å². The SMILES string of the molecule is CC(=O)N1CCN(C(C)C)C1.CC(=O)NCN(C)C(C)C.COc1cc2c(cc1OC)CN(C(C)C)CC2. The lowest BCUT2D eigenvalue weighted by molar-refractivity contribution is -0.128. The van der Waals surface area contributed by atoms with E-state index < -0.39 is 0 Å². The van der Waals surface area contributed by atoms with Gasteiger partial charge < -0.3 is 19.7 Å². The fourth-order valence-electron chi connectivity index (χ4n) is 4.05. The monoisotopic (exact) mass is 535 g/mol. The highest BCUT2D eigenvalue weighted by molar-refractivity contribution is 5.73. The molecule has 0 aromatic heterocycles. The Labute approximate surface area is 231 Å². The number of hydrogen-bond acceptors (Lipinski definition) is 7. The molecular weight excluding hydrogens is 482 g/mol. The van der Waals surface area contributed by atoms with Crippen LogP contribution in [-0.4, -0.2) is 104 Å². The molecule has 0 atom stereocenters. The molecule has 9 heteroatoms. The van der Waals surface area contributed by atoms with Crippen LogP contribution in [0.3, 0.4) is 0 Å². The summed E-state index contributed by atoms with van der Waals surface area (Å²) >= 11 is 0. The second kappa shape index (κ2) is 16.6. The average molecular weight is 536 g/mol. The van der Waals surface area contributed by atoms with Crippen molar-refractivity contribution in [2.75, 3.05) is 54.2 Å². The first-order chi connectivity index (χ1) is 17.8. The molecule has 3 rings (SSSR count). The summed E-state index contributed by atoms with van der Waals surface area (Å²) in [5, 5.41) is 2.71. The molecule has 2 aliphatic heterocycles. The van der Waals surface area contributed by atoms with E-state index in [1.54, 1.807) is 21.1 Å². The molecule has 38 heavy (non-hydrogen) atoms. The van der Waals surface area contributed by atoms with Crippen molar-refractivity contribution < 1.29 is 19.1 Å². The Bertz CT molecular complexity index is 875. The second-order valence-corrected chi connectivity index (χ2v) is 10.9. The van der Waals surface area contributed by atoms with Gasteiger partial charge in [-0.3, -0.25) is 24.3 Å². The normalized spacial score (nSPS) is 15.6. The van der Waals surface area contributed by atoms with Gasteiger partial charge in [-0.1, -0.05) is 0 Å². The third-order valence-corrected chi connectivity index (χ3v) is 7.12. The topological polar surface area (TPSA) is 77.6 Å². The van der Waals surface area contributed by atoms with Gasteiger partial charge in [-0.05, 0) is 78.3 Å². The smallest absolute Gasteiger partial charge is 0.220 e. The fourth-order valence-corrected chi connectivity index (χ4v) is 4.05. The van der Waals surface area contributed by atoms with Crippen molar-refractivity contribution in [3.8, 4) is 11.5 Å². The van der Waals surface area contributed by atoms with Crippen molar-refractivity contribution in [2.24, 2.45) is 0 Å². The fraction of sp³-hybridized carbons (Fsp3) is 0.724. The minimum atomic E-state index is 0.0208. The number of rotatable bonds is 7. The summed E-state index contributed by atoms with van der Waals surface area (Å²) in [7, 11) is 5.35. The number of nitrogens with zero attached hydrogens (tertiary/aromatic N) is 4. The standard InChI is InChI=1S/C14H21NO2.C8H16N2O.C7H16N2O/c1-10(2)15-6-5-11-7-13(16-3)14(17-4)8-12(11)9-15;1-7(2)9-4-5-10(6-9)8(3)11;1-6(2)9(4)5-8-7(3)10/h7-8,10H,5-6,9H2,1-4H3;7H,4-6H2,1-3H3;6H,5H2,1-4H3,(H,8,10). The van der Waals surface area contributed by atoms with Crippen LogP contribution in [-0.2, 0) is 22.6 Å². The van der Waals surface area contributed by atoms with Crippen molar-refractivity contribution in [3.05, 3.63) is 23.3 Å². The van der Waals surface area contributed by atoms with Crippen molar-refractivity contribution in [1.82, 2.24) is 24.9 Å². The van der Waals surface area contributed by atoms with E-state index in [0.717, 1.165) is 50.8 Å². The Morgan fingerprint density at radius 3 is 1.84 bits per heavy atom. The molecule has 1 aromatic carbocycles. The number of nitrogens with one attached hydrogen (secondary N) is 1. The summed E-state index contributed by atoms with van der Waals surface area (Å²) in [6.45, 7) is 21.6. The second-order valence-electron chi connectivity index (χ2n) is 10.9. The number of methoxy groups -OCH3 is 2. The Morgan fingerprint density at radius 2 is 1.45 bits per heavy atom. The van der Waals surface area contributed by atoms with Crippen LogP contribution >= 0.6 is 0 Å². The van der Waals surface area contributed by atoms with E-state index in [9.17, 15) is 9.59 Å². The van der Waals surface area contributed by atoms with E-state index in [1.807, 2.05) is 11.9 Å². The molecule has 0 aliphatic carbocycles. The van der Waals surface area contributed by atoms with Crippen molar-refractivity contribution >= 4 is 11.8 Å². The molecule has 1 saturated heterocycles. The highest BCUT2D eigenvalue weighted by Crippen LogP contribution is 2.33. The molecule has 9 nitrogen and oxygen atoms in total. The van der Waals surface area contributed by atoms with Crippen LogP contribution < -0.4 is 14.8 Å². The lowest BCUT2D eigenvalue weighted by Crippen LogP contribution is -2.37. The Hall–Kier alpha value is -2.36. The van der Waals surface area contributed by atoms with Gasteiger partial charge in [-0.25, -0.2) is 0 Å². The van der Waals surface area contributed by atoms with Gasteiger partial charge in [0.25, 0.3) is 0 Å². The Morgan fingerprint density at radius 1 is 0.895 bits per heavy atom. The minimum Gasteiger partial charge on any atom is -0.493 e. The number of ether oxygens (including phenoxy) is 2. The van der Waals surface area contributed by atoms with E-state index in [2.05, 4.69) is 73.7 Å². The third kappa shape index (κ3) is 11.2. The van der Waals surface area contributed by atoms with Gasteiger partial charge in [0.05, 0.1) is 27.6 Å². The molecule has 1 aromatic rings. The molecule has 0 bridgehead atoms. The highest BCUT2D eigenvalue weighted by Gasteiger charge is 2.23. The number of carbonyl (C=O) groups is 2. The van der Waals surface area contributed by atoms with Crippen LogP contribution in [0.15, 0.2) is 12.1 Å². The van der Waals surface area contributed by atoms with E-state index in [0.29, 0.717) is 24.8 Å². The first kappa shape index (κ1) is 33.7. The van der Waals surface area contributed by atoms with Gasteiger partial charge in [0.1, 0.15) is 0 Å². The summed E-state index contributed by atoms with van der Waals surface area (Å²) in [6.07, 6.45) is 1.09. The van der Waals surface area contributed by atoms with Crippen LogP contribution in [0.4, 0.5) is 0 Å². The molecule has 0 spiro atoms. The molecule has 1 fully saturated rings. The molecule has 0 saturated carbocycles. The predicted octanol–water partition coefficient (Wildman–Crippen LogP) is 3.41. The van der Waals surface area contributed by atoms with Gasteiger partial charge >= 0.3 is 0 Å². The maximum atomic E-state index is 10.9. The third-order valence-electron chi connectivity index (χ3n) is 7.12. The quantitative estimate of drug-likeness (QED) is 0.536. The van der Waals surface area contributed by atoms with Crippen molar-refractivity contribution in [1.29, 1.82) is 0 Å². The zero-order chi connectivity index (χ0) is 29.0. The number of carbonyl (C=O) groups excluding carboxylic acids is 2. The molecule has 1 N–H and O–H groups in total. The zero-order valence-corrected chi connectivity index (χ0v) is 25.8. The summed E-state index contributed by atoms with van der Waals surface area (Å²) in [5.74, 6) is 1.88. The van der Waals surface area contributed by atoms with Crippen LogP contribution in [0.2, 0.25) is 0 Å². The van der Waals surface area contributed by atoms with Crippen LogP contribution in [0.5, 0.6) is 11.5 Å². The summed E-state index contributed by atoms with van der Waals surface area (Å²) in [6, 6.07) is 5.86. The van der Waals surface area contributed by atoms with Crippen LogP contribution in [0, 0.1) is 0 Å². The largest absolute Gasteiger partial charge is 0.493 e. The average Bonchev–Trinajstić information content (AvgIpc) is 3.38. The molecule has 0 radical (unpaired) electrons. The van der Waals surface area contributed by atoms with Gasteiger partial charge in [-0.15, -0.1) is 0 Å². The first-order valence-corrected chi connectivity index (χ1v) is 13.7. The Kier molecular flexibility index (Phi) is 14.7. The maximum Gasteiger partial charge on any atom is 0.220 e. The summed E-state index contributed by atoms with van der Waals surface area (Å²) in [4.78, 5) is 30.1.